The normalized spacial score (nSPS) is 10.8. The zero-order chi connectivity index (χ0) is 11.2. The van der Waals surface area contributed by atoms with Crippen molar-refractivity contribution < 1.29 is 21.2 Å². The van der Waals surface area contributed by atoms with Crippen LogP contribution in [0.5, 0.6) is 0 Å². The second kappa shape index (κ2) is 5.85. The first-order valence-electron chi connectivity index (χ1n) is 5.26. The van der Waals surface area contributed by atoms with E-state index in [1.807, 2.05) is 0 Å². The highest BCUT2D eigenvalue weighted by atomic mass is 127. The molecule has 0 aromatic heterocycles. The van der Waals surface area contributed by atoms with E-state index >= 15 is 0 Å². The van der Waals surface area contributed by atoms with E-state index in [0.717, 1.165) is 0 Å². The Kier molecular flexibility index (Phi) is 4.17. The fourth-order valence-electron chi connectivity index (χ4n) is 1.44. The van der Waals surface area contributed by atoms with E-state index in [1.54, 1.807) is 0 Å². The Bertz CT molecular complexity index is 472. The summed E-state index contributed by atoms with van der Waals surface area (Å²) in [5.74, 6) is 0. The summed E-state index contributed by atoms with van der Waals surface area (Å²) < 4.78 is 3.79. The maximum atomic E-state index is 2.32. The van der Waals surface area contributed by atoms with Crippen molar-refractivity contribution in [1.82, 2.24) is 0 Å². The highest BCUT2D eigenvalue weighted by Gasteiger charge is 2.04. The smallest absolute Gasteiger partial charge is 0.0619 e. The van der Waals surface area contributed by atoms with E-state index in [9.17, 15) is 0 Å². The summed E-state index contributed by atoms with van der Waals surface area (Å²) in [7, 11) is 0. The van der Waals surface area contributed by atoms with Crippen molar-refractivity contribution in [2.75, 3.05) is 0 Å². The van der Waals surface area contributed by atoms with E-state index < -0.39 is 0 Å². The van der Waals surface area contributed by atoms with Gasteiger partial charge in [0.2, 0.25) is 0 Å². The Morgan fingerprint density at radius 1 is 0.938 bits per heavy atom. The molecule has 0 heterocycles. The second-order valence-corrected chi connectivity index (χ2v) is 6.20. The minimum atomic E-state index is 0.0105. The van der Waals surface area contributed by atoms with Gasteiger partial charge in [-0.2, -0.15) is 0 Å². The van der Waals surface area contributed by atoms with Gasteiger partial charge in [-0.15, -0.1) is 0 Å². The van der Waals surface area contributed by atoms with E-state index in [-0.39, 0.29) is 21.2 Å². The summed E-state index contributed by atoms with van der Waals surface area (Å²) in [6.45, 7) is 2.13. The van der Waals surface area contributed by atoms with E-state index in [0.29, 0.717) is 0 Å². The Balaban J connectivity index is 2.00. The first kappa shape index (κ1) is 11.4. The third-order valence-electron chi connectivity index (χ3n) is 2.22. The van der Waals surface area contributed by atoms with Crippen LogP contribution in [0.2, 0.25) is 0 Å². The zero-order valence-electron chi connectivity index (χ0n) is 9.23. The van der Waals surface area contributed by atoms with Crippen LogP contribution in [0, 0.1) is 10.5 Å². The summed E-state index contributed by atoms with van der Waals surface area (Å²) in [6.07, 6.45) is 2.23. The number of hydrogen-bond donors (Lipinski definition) is 0. The molecule has 0 bridgehead atoms. The maximum absolute atomic E-state index is 2.32. The molecule has 2 aromatic carbocycles. The van der Waals surface area contributed by atoms with Gasteiger partial charge in [0.25, 0.3) is 0 Å². The average Bonchev–Trinajstić information content (AvgIpc) is 2.30. The van der Waals surface area contributed by atoms with Crippen molar-refractivity contribution in [1.29, 1.82) is 0 Å². The average molecular weight is 321 g/mol. The van der Waals surface area contributed by atoms with Gasteiger partial charge in [-0.05, 0) is 30.7 Å². The quantitative estimate of drug-likeness (QED) is 0.738. The van der Waals surface area contributed by atoms with Crippen LogP contribution in [0.4, 0.5) is 0 Å². The molecule has 2 rings (SSSR count). The molecule has 0 unspecified atom stereocenters. The highest BCUT2D eigenvalue weighted by molar-refractivity contribution is 5.48. The zero-order valence-corrected chi connectivity index (χ0v) is 11.4. The molecule has 80 valence electrons. The van der Waals surface area contributed by atoms with Crippen LogP contribution >= 0.6 is 0 Å². The molecule has 0 nitrogen and oxygen atoms in total. The van der Waals surface area contributed by atoms with Crippen LogP contribution in [0.1, 0.15) is 11.1 Å². The van der Waals surface area contributed by atoms with Crippen molar-refractivity contribution >= 4 is 6.08 Å². The number of halogens is 1. The first-order valence-corrected chi connectivity index (χ1v) is 7.59. The summed E-state index contributed by atoms with van der Waals surface area (Å²) in [6, 6.07) is 19.3. The molecule has 0 amide bonds. The van der Waals surface area contributed by atoms with Gasteiger partial charge in [0.05, 0.1) is 0 Å². The van der Waals surface area contributed by atoms with Crippen LogP contribution < -0.4 is 21.2 Å². The van der Waals surface area contributed by atoms with Gasteiger partial charge in [-0.1, -0.05) is 48.0 Å². The third-order valence-corrected chi connectivity index (χ3v) is 4.38. The predicted octanol–water partition coefficient (Wildman–Crippen LogP) is 0.925. The van der Waals surface area contributed by atoms with Crippen LogP contribution in [-0.2, 0) is 0 Å². The number of aryl methyl sites for hydroxylation is 1. The third kappa shape index (κ3) is 3.49. The minimum Gasteiger partial charge on any atom is -0.0619 e. The molecule has 0 aliphatic carbocycles. The van der Waals surface area contributed by atoms with Gasteiger partial charge >= 0.3 is 21.2 Å². The molecule has 0 fully saturated rings. The van der Waals surface area contributed by atoms with Crippen LogP contribution in [0.15, 0.2) is 58.7 Å². The van der Waals surface area contributed by atoms with Crippen molar-refractivity contribution in [3.8, 4) is 0 Å². The summed E-state index contributed by atoms with van der Waals surface area (Å²) in [4.78, 5) is 0. The number of rotatable bonds is 3. The Morgan fingerprint density at radius 3 is 2.50 bits per heavy atom. The fraction of sp³-hybridized carbons (Fsp3) is 0.0667. The fourth-order valence-corrected chi connectivity index (χ4v) is 3.28. The van der Waals surface area contributed by atoms with Gasteiger partial charge in [0.1, 0.15) is 0 Å². The lowest BCUT2D eigenvalue weighted by Crippen LogP contribution is -3.59. The minimum absolute atomic E-state index is 0.0105. The molecule has 2 aromatic rings. The Labute approximate surface area is 107 Å². The molecule has 0 saturated heterocycles. The van der Waals surface area contributed by atoms with Crippen LogP contribution in [0.3, 0.4) is 0 Å². The van der Waals surface area contributed by atoms with Gasteiger partial charge in [-0.3, -0.25) is 0 Å². The van der Waals surface area contributed by atoms with E-state index in [4.69, 9.17) is 0 Å². The monoisotopic (exact) mass is 321 g/mol. The molecule has 0 atom stereocenters. The summed E-state index contributed by atoms with van der Waals surface area (Å²) >= 11 is 0.0105. The second-order valence-electron chi connectivity index (χ2n) is 3.61. The molecule has 0 aliphatic heterocycles. The Hall–Kier alpha value is -1.09. The van der Waals surface area contributed by atoms with E-state index in [1.165, 1.54) is 14.7 Å². The van der Waals surface area contributed by atoms with E-state index in [2.05, 4.69) is 71.7 Å². The standard InChI is InChI=1S/C15H14I/c1-13-6-5-7-14(12-13)10-11-16-15-8-3-2-4-9-15/h2-12H,1H3/q+1/b11-10+. The van der Waals surface area contributed by atoms with Gasteiger partial charge in [0.15, 0.2) is 7.65 Å². The van der Waals surface area contributed by atoms with Gasteiger partial charge < -0.3 is 0 Å². The predicted molar refractivity (Wildman–Crippen MR) is 65.4 cm³/mol. The molecular formula is C15H14I+. The molecule has 1 heteroatoms. The Morgan fingerprint density at radius 2 is 1.75 bits per heavy atom. The highest BCUT2D eigenvalue weighted by Crippen LogP contribution is 2.04. The van der Waals surface area contributed by atoms with Crippen molar-refractivity contribution in [2.45, 2.75) is 6.92 Å². The molecule has 0 spiro atoms. The lowest BCUT2D eigenvalue weighted by Gasteiger charge is -1.92. The topological polar surface area (TPSA) is 0 Å². The molecule has 0 radical (unpaired) electrons. The van der Waals surface area contributed by atoms with Crippen molar-refractivity contribution in [3.05, 3.63) is 73.4 Å². The van der Waals surface area contributed by atoms with Crippen molar-refractivity contribution in [2.24, 2.45) is 0 Å². The first-order chi connectivity index (χ1) is 7.84. The van der Waals surface area contributed by atoms with Crippen LogP contribution in [0.25, 0.3) is 6.08 Å². The number of hydrogen-bond acceptors (Lipinski definition) is 0. The lowest BCUT2D eigenvalue weighted by atomic mass is 10.1. The summed E-state index contributed by atoms with van der Waals surface area (Å²) in [5.41, 5.74) is 2.62. The molecular weight excluding hydrogens is 307 g/mol. The number of benzene rings is 2. The largest absolute Gasteiger partial charge is 0.349 e. The van der Waals surface area contributed by atoms with Gasteiger partial charge in [0, 0.05) is 0 Å². The molecule has 0 saturated carbocycles. The van der Waals surface area contributed by atoms with Crippen molar-refractivity contribution in [3.63, 3.8) is 0 Å². The maximum Gasteiger partial charge on any atom is 0.349 e. The molecule has 16 heavy (non-hydrogen) atoms. The molecule has 0 N–H and O–H groups in total. The molecule has 0 aliphatic rings. The van der Waals surface area contributed by atoms with Gasteiger partial charge in [-0.25, -0.2) is 0 Å². The lowest BCUT2D eigenvalue weighted by molar-refractivity contribution is -0.555. The van der Waals surface area contributed by atoms with Crippen LogP contribution in [-0.4, -0.2) is 0 Å². The SMILES string of the molecule is Cc1cccc(/C=C/[I+]c2ccccc2)c1. The summed E-state index contributed by atoms with van der Waals surface area (Å²) in [5, 5.41) is 0.